The van der Waals surface area contributed by atoms with Crippen molar-refractivity contribution in [2.75, 3.05) is 6.61 Å². The van der Waals surface area contributed by atoms with Gasteiger partial charge < -0.3 is 9.84 Å². The fraction of sp³-hybridized carbons (Fsp3) is 0.308. The van der Waals surface area contributed by atoms with Gasteiger partial charge in [0.05, 0.1) is 12.8 Å². The predicted molar refractivity (Wildman–Crippen MR) is 71.4 cm³/mol. The van der Waals surface area contributed by atoms with E-state index in [0.29, 0.717) is 16.0 Å². The Bertz CT molecular complexity index is 570. The lowest BCUT2D eigenvalue weighted by Gasteiger charge is -2.22. The van der Waals surface area contributed by atoms with E-state index in [1.807, 2.05) is 18.2 Å². The van der Waals surface area contributed by atoms with E-state index in [-0.39, 0.29) is 0 Å². The number of hydrogen-bond acceptors (Lipinski definition) is 4. The average Bonchev–Trinajstić information content (AvgIpc) is 2.84. The molecule has 1 aromatic carbocycles. The molecule has 2 heterocycles. The number of aromatic nitrogens is 1. The lowest BCUT2D eigenvalue weighted by molar-refractivity contribution is 0.206. The van der Waals surface area contributed by atoms with Crippen LogP contribution >= 0.6 is 22.9 Å². The Labute approximate surface area is 114 Å². The molecule has 0 spiro atoms. The van der Waals surface area contributed by atoms with Gasteiger partial charge in [-0.05, 0) is 18.4 Å². The molecule has 0 fully saturated rings. The Kier molecular flexibility index (Phi) is 3.24. The van der Waals surface area contributed by atoms with Crippen molar-refractivity contribution >= 4 is 22.9 Å². The van der Waals surface area contributed by atoms with Crippen molar-refractivity contribution < 1.29 is 9.84 Å². The van der Waals surface area contributed by atoms with Gasteiger partial charge in [0.25, 0.3) is 0 Å². The van der Waals surface area contributed by atoms with Gasteiger partial charge in [-0.25, -0.2) is 4.98 Å². The highest BCUT2D eigenvalue weighted by molar-refractivity contribution is 7.15. The van der Waals surface area contributed by atoms with Gasteiger partial charge in [-0.2, -0.15) is 0 Å². The zero-order chi connectivity index (χ0) is 12.5. The summed E-state index contributed by atoms with van der Waals surface area (Å²) in [6.45, 7) is 0.704. The van der Waals surface area contributed by atoms with Crippen LogP contribution in [0, 0.1) is 0 Å². The molecule has 1 atom stereocenters. The molecule has 0 bridgehead atoms. The number of nitrogens with zero attached hydrogens (tertiary/aromatic N) is 1. The van der Waals surface area contributed by atoms with Crippen LogP contribution in [-0.4, -0.2) is 16.7 Å². The summed E-state index contributed by atoms with van der Waals surface area (Å²) in [5.41, 5.74) is 1.93. The second-order valence-electron chi connectivity index (χ2n) is 4.19. The van der Waals surface area contributed by atoms with E-state index in [2.05, 4.69) is 4.98 Å². The van der Waals surface area contributed by atoms with E-state index in [9.17, 15) is 5.11 Å². The summed E-state index contributed by atoms with van der Waals surface area (Å²) in [5, 5.41) is 11.0. The zero-order valence-electron chi connectivity index (χ0n) is 9.60. The Morgan fingerprint density at radius 2 is 2.33 bits per heavy atom. The summed E-state index contributed by atoms with van der Waals surface area (Å²) in [6, 6.07) is 5.87. The third kappa shape index (κ3) is 2.11. The molecule has 3 nitrogen and oxygen atoms in total. The quantitative estimate of drug-likeness (QED) is 0.919. The van der Waals surface area contributed by atoms with E-state index in [4.69, 9.17) is 16.3 Å². The summed E-state index contributed by atoms with van der Waals surface area (Å²) >= 11 is 7.14. The Balaban J connectivity index is 2.01. The number of rotatable bonds is 2. The zero-order valence-corrected chi connectivity index (χ0v) is 11.2. The summed E-state index contributed by atoms with van der Waals surface area (Å²) in [5.74, 6) is 0.808. The largest absolute Gasteiger partial charge is 0.493 e. The van der Waals surface area contributed by atoms with Crippen molar-refractivity contribution in [3.63, 3.8) is 0 Å². The van der Waals surface area contributed by atoms with Crippen molar-refractivity contribution in [1.29, 1.82) is 0 Å². The molecule has 0 saturated carbocycles. The Hall–Kier alpha value is -1.10. The number of thiazole rings is 1. The minimum absolute atomic E-state index is 0.578. The number of hydrogen-bond donors (Lipinski definition) is 1. The molecule has 1 N–H and O–H groups in total. The topological polar surface area (TPSA) is 42.4 Å². The Morgan fingerprint density at radius 3 is 3.11 bits per heavy atom. The molecule has 3 rings (SSSR count). The van der Waals surface area contributed by atoms with Gasteiger partial charge in [0.15, 0.2) is 0 Å². The second kappa shape index (κ2) is 4.88. The molecular formula is C13H12ClNO2S. The fourth-order valence-corrected chi connectivity index (χ4v) is 3.09. The maximum atomic E-state index is 10.4. The average molecular weight is 282 g/mol. The van der Waals surface area contributed by atoms with Gasteiger partial charge in [-0.3, -0.25) is 0 Å². The molecule has 18 heavy (non-hydrogen) atoms. The first kappa shape index (κ1) is 12.0. The highest BCUT2D eigenvalue weighted by Gasteiger charge is 2.22. The monoisotopic (exact) mass is 281 g/mol. The van der Waals surface area contributed by atoms with Gasteiger partial charge in [0.2, 0.25) is 0 Å². The molecule has 5 heteroatoms. The number of aliphatic hydroxyl groups is 1. The van der Waals surface area contributed by atoms with Gasteiger partial charge in [-0.1, -0.05) is 29.8 Å². The standard InChI is InChI=1S/C13H12ClNO2S/c14-10-7-15-13(18-10)11(16)9-5-1-3-8-4-2-6-17-12(8)9/h1,3,5,7,11,16H,2,4,6H2. The van der Waals surface area contributed by atoms with E-state index in [0.717, 1.165) is 29.7 Å². The summed E-state index contributed by atoms with van der Waals surface area (Å²) in [6.07, 6.45) is 2.81. The molecule has 1 aliphatic heterocycles. The molecule has 0 amide bonds. The van der Waals surface area contributed by atoms with Crippen LogP contribution in [-0.2, 0) is 6.42 Å². The van der Waals surface area contributed by atoms with Crippen LogP contribution in [0.15, 0.2) is 24.4 Å². The molecule has 0 saturated heterocycles. The van der Waals surface area contributed by atoms with Crippen molar-refractivity contribution in [3.8, 4) is 5.75 Å². The van der Waals surface area contributed by atoms with Crippen molar-refractivity contribution in [2.45, 2.75) is 18.9 Å². The number of fused-ring (bicyclic) bond motifs is 1. The lowest BCUT2D eigenvalue weighted by atomic mass is 9.99. The normalized spacial score (nSPS) is 15.9. The molecule has 94 valence electrons. The van der Waals surface area contributed by atoms with E-state index in [1.54, 1.807) is 6.20 Å². The van der Waals surface area contributed by atoms with E-state index in [1.165, 1.54) is 11.3 Å². The van der Waals surface area contributed by atoms with Crippen LogP contribution in [0.2, 0.25) is 4.34 Å². The third-order valence-electron chi connectivity index (χ3n) is 2.99. The highest BCUT2D eigenvalue weighted by Crippen LogP contribution is 2.37. The number of para-hydroxylation sites is 1. The maximum absolute atomic E-state index is 10.4. The molecule has 0 aliphatic carbocycles. The third-order valence-corrected chi connectivity index (χ3v) is 4.16. The molecule has 1 aliphatic rings. The minimum Gasteiger partial charge on any atom is -0.493 e. The van der Waals surface area contributed by atoms with Gasteiger partial charge in [0, 0.05) is 5.56 Å². The Morgan fingerprint density at radius 1 is 1.44 bits per heavy atom. The van der Waals surface area contributed by atoms with Crippen molar-refractivity contribution in [1.82, 2.24) is 4.98 Å². The van der Waals surface area contributed by atoms with Crippen LogP contribution in [0.1, 0.15) is 28.7 Å². The number of aliphatic hydroxyl groups excluding tert-OH is 1. The predicted octanol–water partition coefficient (Wildman–Crippen LogP) is 3.20. The van der Waals surface area contributed by atoms with Crippen LogP contribution in [0.5, 0.6) is 5.75 Å². The van der Waals surface area contributed by atoms with Gasteiger partial charge in [-0.15, -0.1) is 11.3 Å². The maximum Gasteiger partial charge on any atom is 0.134 e. The van der Waals surface area contributed by atoms with Crippen molar-refractivity contribution in [3.05, 3.63) is 44.9 Å². The summed E-state index contributed by atoms with van der Waals surface area (Å²) in [4.78, 5) is 4.12. The molecular weight excluding hydrogens is 270 g/mol. The first-order chi connectivity index (χ1) is 8.75. The summed E-state index contributed by atoms with van der Waals surface area (Å²) in [7, 11) is 0. The summed E-state index contributed by atoms with van der Waals surface area (Å²) < 4.78 is 6.27. The number of halogens is 1. The van der Waals surface area contributed by atoms with Crippen LogP contribution in [0.4, 0.5) is 0 Å². The second-order valence-corrected chi connectivity index (χ2v) is 5.89. The van der Waals surface area contributed by atoms with Crippen LogP contribution in [0.25, 0.3) is 0 Å². The van der Waals surface area contributed by atoms with E-state index < -0.39 is 6.10 Å². The van der Waals surface area contributed by atoms with Gasteiger partial charge >= 0.3 is 0 Å². The minimum atomic E-state index is -0.768. The fourth-order valence-electron chi connectivity index (χ4n) is 2.16. The SMILES string of the molecule is OC(c1ncc(Cl)s1)c1cccc2c1OCCC2. The number of benzene rings is 1. The molecule has 0 radical (unpaired) electrons. The number of aryl methyl sites for hydroxylation is 1. The van der Waals surface area contributed by atoms with Crippen molar-refractivity contribution in [2.24, 2.45) is 0 Å². The van der Waals surface area contributed by atoms with E-state index >= 15 is 0 Å². The molecule has 1 aromatic heterocycles. The lowest BCUT2D eigenvalue weighted by Crippen LogP contribution is -2.12. The number of ether oxygens (including phenoxy) is 1. The molecule has 2 aromatic rings. The first-order valence-electron chi connectivity index (χ1n) is 5.79. The smallest absolute Gasteiger partial charge is 0.134 e. The van der Waals surface area contributed by atoms with Crippen LogP contribution < -0.4 is 4.74 Å². The molecule has 1 unspecified atom stereocenters. The first-order valence-corrected chi connectivity index (χ1v) is 6.99. The highest BCUT2D eigenvalue weighted by atomic mass is 35.5. The van der Waals surface area contributed by atoms with Crippen LogP contribution in [0.3, 0.4) is 0 Å². The van der Waals surface area contributed by atoms with Gasteiger partial charge in [0.1, 0.15) is 21.2 Å².